The first-order valence-corrected chi connectivity index (χ1v) is 12.1. The van der Waals surface area contributed by atoms with Crippen LogP contribution in [0, 0.1) is 11.3 Å². The van der Waals surface area contributed by atoms with Gasteiger partial charge in [-0.25, -0.2) is 15.0 Å². The zero-order chi connectivity index (χ0) is 23.5. The average molecular weight is 486 g/mol. The van der Waals surface area contributed by atoms with Gasteiger partial charge in [-0.1, -0.05) is 28.6 Å². The Balaban J connectivity index is 1.40. The predicted octanol–water partition coefficient (Wildman–Crippen LogP) is 2.90. The normalized spacial score (nSPS) is 14.2. The highest BCUT2D eigenvalue weighted by Crippen LogP contribution is 2.31. The molecule has 0 atom stereocenters. The Morgan fingerprint density at radius 2 is 1.94 bits per heavy atom. The molecule has 0 bridgehead atoms. The molecule has 1 N–H and O–H groups in total. The topological polar surface area (TPSA) is 107 Å². The van der Waals surface area contributed by atoms with Crippen molar-refractivity contribution >= 4 is 53.3 Å². The van der Waals surface area contributed by atoms with Crippen LogP contribution in [0.2, 0.25) is 0 Å². The van der Waals surface area contributed by atoms with Gasteiger partial charge in [0.05, 0.1) is 6.20 Å². The van der Waals surface area contributed by atoms with Crippen molar-refractivity contribution in [3.05, 3.63) is 47.5 Å². The fourth-order valence-corrected chi connectivity index (χ4v) is 4.82. The Labute approximate surface area is 206 Å². The van der Waals surface area contributed by atoms with Gasteiger partial charge >= 0.3 is 0 Å². The van der Waals surface area contributed by atoms with Crippen LogP contribution in [0.25, 0.3) is 11.3 Å². The quantitative estimate of drug-likeness (QED) is 0.323. The van der Waals surface area contributed by atoms with Crippen molar-refractivity contribution in [2.75, 3.05) is 43.4 Å². The van der Waals surface area contributed by atoms with E-state index >= 15 is 0 Å². The number of hydrogen-bond acceptors (Lipinski definition) is 11. The van der Waals surface area contributed by atoms with Crippen LogP contribution >= 0.6 is 23.1 Å². The summed E-state index contributed by atoms with van der Waals surface area (Å²) in [5, 5.41) is 17.3. The number of piperazine rings is 1. The number of likely N-dealkylation sites (N-methyl/N-ethyl adjacent to an activating group) is 1. The average Bonchev–Trinajstić information content (AvgIpc) is 3.48. The molecule has 2 radical (unpaired) electrons. The van der Waals surface area contributed by atoms with Gasteiger partial charge < -0.3 is 19.6 Å². The number of nitriles is 1. The number of rotatable bonds is 6. The van der Waals surface area contributed by atoms with E-state index in [-0.39, 0.29) is 0 Å². The predicted molar refractivity (Wildman–Crippen MR) is 133 cm³/mol. The van der Waals surface area contributed by atoms with Crippen LogP contribution in [-0.2, 0) is 0 Å². The van der Waals surface area contributed by atoms with Crippen molar-refractivity contribution in [3.8, 4) is 17.4 Å². The van der Waals surface area contributed by atoms with E-state index in [1.54, 1.807) is 12.3 Å². The lowest BCUT2D eigenvalue weighted by Crippen LogP contribution is -2.44. The molecule has 34 heavy (non-hydrogen) atoms. The van der Waals surface area contributed by atoms with E-state index in [0.717, 1.165) is 42.5 Å². The molecule has 12 heteroatoms. The summed E-state index contributed by atoms with van der Waals surface area (Å²) in [5.41, 5.74) is 1.24. The van der Waals surface area contributed by atoms with Crippen LogP contribution in [0.4, 0.5) is 16.8 Å². The van der Waals surface area contributed by atoms with Crippen molar-refractivity contribution in [1.82, 2.24) is 25.0 Å². The van der Waals surface area contributed by atoms with E-state index in [2.05, 4.69) is 38.4 Å². The van der Waals surface area contributed by atoms with Crippen molar-refractivity contribution in [1.29, 1.82) is 5.26 Å². The number of hydrogen-bond donors (Lipinski definition) is 1. The summed E-state index contributed by atoms with van der Waals surface area (Å²) in [6.07, 6.45) is 1.55. The summed E-state index contributed by atoms with van der Waals surface area (Å²) in [5.74, 6) is 2.12. The van der Waals surface area contributed by atoms with Gasteiger partial charge in [-0.15, -0.1) is 0 Å². The molecule has 0 saturated carbocycles. The largest absolute Gasteiger partial charge is 0.357 e. The Morgan fingerprint density at radius 3 is 2.62 bits per heavy atom. The number of anilines is 3. The van der Waals surface area contributed by atoms with Crippen LogP contribution in [0.5, 0.6) is 0 Å². The van der Waals surface area contributed by atoms with E-state index in [0.29, 0.717) is 32.3 Å². The molecule has 1 aliphatic heterocycles. The Kier molecular flexibility index (Phi) is 6.49. The van der Waals surface area contributed by atoms with E-state index < -0.39 is 0 Å². The summed E-state index contributed by atoms with van der Waals surface area (Å²) in [4.78, 5) is 19.9. The highest BCUT2D eigenvalue weighted by Gasteiger charge is 2.18. The minimum Gasteiger partial charge on any atom is -0.357 e. The third-order valence-corrected chi connectivity index (χ3v) is 6.94. The minimum absolute atomic E-state index is 0.352. The maximum Gasteiger partial charge on any atom is 0.196 e. The number of aromatic nitrogens is 4. The van der Waals surface area contributed by atoms with Crippen molar-refractivity contribution in [3.63, 3.8) is 0 Å². The molecule has 0 spiro atoms. The summed E-state index contributed by atoms with van der Waals surface area (Å²) in [6.45, 7) is 3.73. The third kappa shape index (κ3) is 5.22. The van der Waals surface area contributed by atoms with E-state index in [1.807, 2.05) is 30.3 Å². The smallest absolute Gasteiger partial charge is 0.196 e. The molecule has 4 heterocycles. The first kappa shape index (κ1) is 22.4. The van der Waals surface area contributed by atoms with Gasteiger partial charge in [0.1, 0.15) is 30.4 Å². The first-order chi connectivity index (χ1) is 16.6. The second-order valence-corrected chi connectivity index (χ2v) is 9.76. The Hall–Kier alpha value is -3.40. The van der Waals surface area contributed by atoms with Gasteiger partial charge in [-0.05, 0) is 37.0 Å². The highest BCUT2D eigenvalue weighted by molar-refractivity contribution is 7.99. The van der Waals surface area contributed by atoms with E-state index in [4.69, 9.17) is 27.6 Å². The Morgan fingerprint density at radius 1 is 1.15 bits per heavy atom. The van der Waals surface area contributed by atoms with Gasteiger partial charge in [0, 0.05) is 48.3 Å². The van der Waals surface area contributed by atoms with E-state index in [1.165, 1.54) is 23.1 Å². The highest BCUT2D eigenvalue weighted by atomic mass is 32.2. The molecule has 4 aromatic rings. The summed E-state index contributed by atoms with van der Waals surface area (Å²) >= 11 is 2.76. The van der Waals surface area contributed by atoms with Gasteiger partial charge in [0.25, 0.3) is 0 Å². The lowest BCUT2D eigenvalue weighted by molar-refractivity contribution is 0.312. The monoisotopic (exact) mass is 486 g/mol. The van der Waals surface area contributed by atoms with Crippen molar-refractivity contribution in [2.45, 2.75) is 10.1 Å². The third-order valence-electron chi connectivity index (χ3n) is 5.25. The van der Waals surface area contributed by atoms with Crippen LogP contribution in [0.3, 0.4) is 0 Å². The van der Waals surface area contributed by atoms with Crippen LogP contribution in [0.15, 0.2) is 57.2 Å². The zero-order valence-electron chi connectivity index (χ0n) is 18.3. The second kappa shape index (κ2) is 9.84. The van der Waals surface area contributed by atoms with E-state index in [9.17, 15) is 0 Å². The van der Waals surface area contributed by atoms with Gasteiger partial charge in [-0.2, -0.15) is 5.26 Å². The molecule has 9 nitrogen and oxygen atoms in total. The molecule has 1 saturated heterocycles. The maximum absolute atomic E-state index is 9.09. The van der Waals surface area contributed by atoms with Crippen LogP contribution in [0.1, 0.15) is 4.88 Å². The molecule has 0 unspecified atom stereocenters. The Bertz CT molecular complexity index is 1330. The van der Waals surface area contributed by atoms with Gasteiger partial charge in [0.15, 0.2) is 16.0 Å². The molecule has 1 aromatic carbocycles. The molecule has 1 fully saturated rings. The summed E-state index contributed by atoms with van der Waals surface area (Å²) < 4.78 is 5.23. The number of benzene rings is 1. The van der Waals surface area contributed by atoms with Crippen LogP contribution in [-0.4, -0.2) is 66.1 Å². The lowest BCUT2D eigenvalue weighted by atomic mass is 10.0. The fourth-order valence-electron chi connectivity index (χ4n) is 3.43. The molecule has 0 aliphatic carbocycles. The molecule has 5 rings (SSSR count). The van der Waals surface area contributed by atoms with Crippen molar-refractivity contribution in [2.24, 2.45) is 0 Å². The number of thiazole rings is 1. The first-order valence-electron chi connectivity index (χ1n) is 10.5. The molecular formula is C22H19BN8OS2. The van der Waals surface area contributed by atoms with Gasteiger partial charge in [-0.3, -0.25) is 0 Å². The second-order valence-electron chi connectivity index (χ2n) is 7.69. The summed E-state index contributed by atoms with van der Waals surface area (Å²) in [6, 6.07) is 13.6. The molecule has 1 aliphatic rings. The lowest BCUT2D eigenvalue weighted by Gasteiger charge is -2.33. The SMILES string of the molecule is [B]c1cc(-c2ccc(Sc3nc(Nc4ncc(C#N)s4)cc(N4CCN(C)CC4)n3)cc2)on1. The standard InChI is InChI=1S/C22H19BN8OS2/c1-30-6-8-31(9-7-30)20-11-19(26-21-25-13-16(12-24)34-21)27-22(28-20)33-15-4-2-14(3-5-15)17-10-18(23)29-32-17/h2-5,10-11,13H,6-9H2,1H3,(H,25,26,27,28). The summed E-state index contributed by atoms with van der Waals surface area (Å²) in [7, 11) is 7.77. The minimum atomic E-state index is 0.352. The van der Waals surface area contributed by atoms with Crippen LogP contribution < -0.4 is 15.8 Å². The molecular weight excluding hydrogens is 467 g/mol. The number of nitrogens with zero attached hydrogens (tertiary/aromatic N) is 7. The van der Waals surface area contributed by atoms with Gasteiger partial charge in [0.2, 0.25) is 0 Å². The molecule has 168 valence electrons. The molecule has 0 amide bonds. The zero-order valence-corrected chi connectivity index (χ0v) is 19.9. The number of nitrogens with one attached hydrogen (secondary N) is 1. The van der Waals surface area contributed by atoms with Crippen molar-refractivity contribution < 1.29 is 4.52 Å². The maximum atomic E-state index is 9.09. The molecule has 3 aromatic heterocycles. The fraction of sp³-hybridized carbons (Fsp3) is 0.227.